The summed E-state index contributed by atoms with van der Waals surface area (Å²) in [6.07, 6.45) is -1.10. The van der Waals surface area contributed by atoms with E-state index >= 15 is 0 Å². The summed E-state index contributed by atoms with van der Waals surface area (Å²) < 4.78 is 63.9. The third-order valence-electron chi connectivity index (χ3n) is 8.68. The van der Waals surface area contributed by atoms with Crippen LogP contribution < -0.4 is 5.32 Å². The van der Waals surface area contributed by atoms with Gasteiger partial charge in [0.05, 0.1) is 21.8 Å². The summed E-state index contributed by atoms with van der Waals surface area (Å²) in [6, 6.07) is 5.78. The Bertz CT molecular complexity index is 1610. The van der Waals surface area contributed by atoms with Gasteiger partial charge in [-0.3, -0.25) is 9.59 Å². The van der Waals surface area contributed by atoms with Gasteiger partial charge in [-0.25, -0.2) is 31.2 Å². The molecule has 5 atom stereocenters. The van der Waals surface area contributed by atoms with Crippen LogP contribution in [-0.4, -0.2) is 102 Å². The number of ether oxygens (including phenoxy) is 3. The molecule has 5 rings (SSSR count). The molecule has 0 radical (unpaired) electrons. The van der Waals surface area contributed by atoms with E-state index in [0.717, 1.165) is 15.4 Å². The van der Waals surface area contributed by atoms with Crippen molar-refractivity contribution in [2.75, 3.05) is 13.3 Å². The van der Waals surface area contributed by atoms with E-state index in [-0.39, 0.29) is 19.6 Å². The highest BCUT2D eigenvalue weighted by Gasteiger charge is 2.72. The average molecular weight is 642 g/mol. The summed E-state index contributed by atoms with van der Waals surface area (Å²) in [6.45, 7) is 3.71. The minimum atomic E-state index is -4.15. The molecule has 15 nitrogen and oxygen atoms in total. The molecular weight excluding hydrogens is 610 g/mol. The summed E-state index contributed by atoms with van der Waals surface area (Å²) in [7, 11) is -8.01. The fourth-order valence-corrected chi connectivity index (χ4v) is 10.5. The quantitative estimate of drug-likeness (QED) is 0.216. The maximum atomic E-state index is 13.4. The van der Waals surface area contributed by atoms with E-state index in [1.165, 1.54) is 27.7 Å². The summed E-state index contributed by atoms with van der Waals surface area (Å²) >= 11 is 0. The molecule has 0 spiro atoms. The van der Waals surface area contributed by atoms with E-state index in [1.807, 2.05) is 0 Å². The third kappa shape index (κ3) is 4.46. The Morgan fingerprint density at radius 2 is 1.42 bits per heavy atom. The lowest BCUT2D eigenvalue weighted by atomic mass is 9.91. The predicted octanol–water partition coefficient (Wildman–Crippen LogP) is -0.549. The molecule has 0 aliphatic carbocycles. The number of esters is 2. The van der Waals surface area contributed by atoms with Crippen LogP contribution in [0.2, 0.25) is 0 Å². The van der Waals surface area contributed by atoms with Crippen LogP contribution in [-0.2, 0) is 59.7 Å². The van der Waals surface area contributed by atoms with Crippen LogP contribution in [0.1, 0.15) is 39.7 Å². The first-order chi connectivity index (χ1) is 20.0. The number of nitrogens with one attached hydrogen (secondary N) is 1. The molecule has 4 aliphatic rings. The van der Waals surface area contributed by atoms with E-state index in [2.05, 4.69) is 5.32 Å². The molecule has 4 fully saturated rings. The van der Waals surface area contributed by atoms with E-state index < -0.39 is 94.6 Å². The number of nitrogens with zero attached hydrogens (tertiary/aromatic N) is 2. The van der Waals surface area contributed by atoms with Crippen molar-refractivity contribution < 1.29 is 55.0 Å². The molecule has 4 aliphatic heterocycles. The zero-order chi connectivity index (χ0) is 31.7. The lowest BCUT2D eigenvalue weighted by Gasteiger charge is -2.42. The number of β-lactam (4-membered cyclic amide) rings is 2. The normalized spacial score (nSPS) is 30.3. The second kappa shape index (κ2) is 10.2. The minimum Gasteiger partial charge on any atom is -0.445 e. The first kappa shape index (κ1) is 30.7. The largest absolute Gasteiger partial charge is 0.445 e. The van der Waals surface area contributed by atoms with Crippen LogP contribution >= 0.6 is 0 Å². The van der Waals surface area contributed by atoms with E-state index in [4.69, 9.17) is 14.2 Å². The van der Waals surface area contributed by atoms with Crippen LogP contribution in [0.5, 0.6) is 0 Å². The Hall–Kier alpha value is -3.73. The molecule has 3 amide bonds. The zero-order valence-corrected chi connectivity index (χ0v) is 25.3. The molecule has 1 N–H and O–H groups in total. The number of hydrogen-bond donors (Lipinski definition) is 1. The fourth-order valence-electron chi connectivity index (χ4n) is 6.06. The number of sulfone groups is 2. The number of rotatable bonds is 8. The first-order valence-electron chi connectivity index (χ1n) is 13.3. The Kier molecular flexibility index (Phi) is 7.27. The van der Waals surface area contributed by atoms with Crippen molar-refractivity contribution in [1.29, 1.82) is 0 Å². The molecule has 0 bridgehead atoms. The SMILES string of the molecule is CC1(C)[C@H](C(=O)OCOC(=O)[C@@H]2N3C(=O)[C@@H](CNC(=O)OCc4ccccc4)[C@H]3S(=O)(=O)C2(C)C)N2C(=O)C[C@H]2S1(=O)=O. The molecular formula is C26H31N3O12S2. The Labute approximate surface area is 247 Å². The molecule has 1 aromatic rings. The maximum absolute atomic E-state index is 13.4. The van der Waals surface area contributed by atoms with Gasteiger partial charge in [-0.15, -0.1) is 0 Å². The third-order valence-corrected chi connectivity index (χ3v) is 14.4. The van der Waals surface area contributed by atoms with Gasteiger partial charge in [-0.05, 0) is 33.3 Å². The van der Waals surface area contributed by atoms with E-state index in [0.29, 0.717) is 0 Å². The van der Waals surface area contributed by atoms with Gasteiger partial charge in [0.15, 0.2) is 19.7 Å². The minimum absolute atomic E-state index is 0.0341. The van der Waals surface area contributed by atoms with Gasteiger partial charge in [0.25, 0.3) is 0 Å². The number of alkyl carbamates (subject to hydrolysis) is 1. The van der Waals surface area contributed by atoms with Gasteiger partial charge in [0, 0.05) is 6.54 Å². The highest BCUT2D eigenvalue weighted by molar-refractivity contribution is 7.94. The van der Waals surface area contributed by atoms with Crippen molar-refractivity contribution in [3.8, 4) is 0 Å². The second-order valence-electron chi connectivity index (χ2n) is 11.8. The van der Waals surface area contributed by atoms with Crippen LogP contribution in [0.4, 0.5) is 4.79 Å². The van der Waals surface area contributed by atoms with Crippen molar-refractivity contribution in [2.45, 2.75) is 73.0 Å². The van der Waals surface area contributed by atoms with Crippen LogP contribution in [0, 0.1) is 5.92 Å². The molecule has 4 heterocycles. The first-order valence-corrected chi connectivity index (χ1v) is 16.4. The van der Waals surface area contributed by atoms with Crippen LogP contribution in [0.25, 0.3) is 0 Å². The van der Waals surface area contributed by atoms with Crippen molar-refractivity contribution in [2.24, 2.45) is 5.92 Å². The fraction of sp³-hybridized carbons (Fsp3) is 0.577. The molecule has 4 saturated heterocycles. The van der Waals surface area contributed by atoms with E-state index in [9.17, 15) is 40.8 Å². The number of amides is 3. The second-order valence-corrected chi connectivity index (χ2v) is 17.1. The van der Waals surface area contributed by atoms with Gasteiger partial charge < -0.3 is 29.3 Å². The Morgan fingerprint density at radius 1 is 0.860 bits per heavy atom. The molecule has 0 saturated carbocycles. The summed E-state index contributed by atoms with van der Waals surface area (Å²) in [5, 5.41) is -0.161. The van der Waals surface area contributed by atoms with Gasteiger partial charge in [-0.2, -0.15) is 0 Å². The molecule has 17 heteroatoms. The van der Waals surface area contributed by atoms with Crippen molar-refractivity contribution >= 4 is 49.5 Å². The van der Waals surface area contributed by atoms with Gasteiger partial charge in [0.2, 0.25) is 18.6 Å². The number of fused-ring (bicyclic) bond motifs is 2. The summed E-state index contributed by atoms with van der Waals surface area (Å²) in [5.41, 5.74) is 0.728. The molecule has 43 heavy (non-hydrogen) atoms. The molecule has 1 aromatic carbocycles. The Balaban J connectivity index is 1.19. The van der Waals surface area contributed by atoms with Crippen molar-refractivity contribution in [3.63, 3.8) is 0 Å². The lowest BCUT2D eigenvalue weighted by Crippen LogP contribution is -2.66. The Morgan fingerprint density at radius 3 is 2.00 bits per heavy atom. The average Bonchev–Trinajstić information content (AvgIpc) is 3.16. The lowest BCUT2D eigenvalue weighted by molar-refractivity contribution is -0.182. The highest BCUT2D eigenvalue weighted by Crippen LogP contribution is 2.49. The number of benzene rings is 1. The highest BCUT2D eigenvalue weighted by atomic mass is 32.2. The number of carbonyl (C=O) groups is 5. The molecule has 234 valence electrons. The van der Waals surface area contributed by atoms with Crippen LogP contribution in [0.15, 0.2) is 30.3 Å². The topological polar surface area (TPSA) is 200 Å². The number of carbonyl (C=O) groups excluding carboxylic acids is 5. The summed E-state index contributed by atoms with van der Waals surface area (Å²) in [4.78, 5) is 64.9. The van der Waals surface area contributed by atoms with Gasteiger partial charge in [-0.1, -0.05) is 30.3 Å². The standard InChI is InChI=1S/C26H31N3O12S2/c1-25(2)18(28-16(30)10-17(28)42(25,35)36)22(32)40-13-41-23(33)19-26(3,4)43(37,38)21-15(20(31)29(19)21)11-27-24(34)39-12-14-8-6-5-7-9-14/h5-9,15,17-19,21H,10-13H2,1-4H3,(H,27,34)/t15-,17-,18+,19+,21-/m1/s1. The zero-order valence-electron chi connectivity index (χ0n) is 23.7. The molecule has 0 unspecified atom stereocenters. The maximum Gasteiger partial charge on any atom is 0.407 e. The van der Waals surface area contributed by atoms with Gasteiger partial charge in [0.1, 0.15) is 29.4 Å². The van der Waals surface area contributed by atoms with Crippen LogP contribution in [0.3, 0.4) is 0 Å². The van der Waals surface area contributed by atoms with Gasteiger partial charge >= 0.3 is 18.0 Å². The summed E-state index contributed by atoms with van der Waals surface area (Å²) in [5.74, 6) is -4.69. The number of hydrogen-bond acceptors (Lipinski definition) is 12. The van der Waals surface area contributed by atoms with E-state index in [1.54, 1.807) is 30.3 Å². The van der Waals surface area contributed by atoms with Crippen molar-refractivity contribution in [3.05, 3.63) is 35.9 Å². The van der Waals surface area contributed by atoms with Crippen molar-refractivity contribution in [1.82, 2.24) is 15.1 Å². The monoisotopic (exact) mass is 641 g/mol. The smallest absolute Gasteiger partial charge is 0.407 e. The predicted molar refractivity (Wildman–Crippen MR) is 145 cm³/mol. The molecule has 0 aromatic heterocycles.